The van der Waals surface area contributed by atoms with Crippen LogP contribution in [0.5, 0.6) is 0 Å². The standard InChI is InChI=1S/Al.Hf.H2O3Si.3H/c;;1-4(2)3;;;/h;;1-2H;;;. The molecule has 0 saturated heterocycles. The van der Waals surface area contributed by atoms with E-state index in [2.05, 4.69) is 0 Å². The second-order valence-corrected chi connectivity index (χ2v) is 0.848. The zero-order valence-electron chi connectivity index (χ0n) is 2.30. The molecule has 0 unspecified atom stereocenters. The van der Waals surface area contributed by atoms with Crippen LogP contribution in [0.2, 0.25) is 0 Å². The van der Waals surface area contributed by atoms with Crippen LogP contribution in [0.25, 0.3) is 0 Å². The molecule has 0 rings (SSSR count). The molecule has 0 fully saturated rings. The summed E-state index contributed by atoms with van der Waals surface area (Å²) in [5, 5.41) is 0. The summed E-state index contributed by atoms with van der Waals surface area (Å²) in [5.41, 5.74) is 0. The number of rotatable bonds is 0. The van der Waals surface area contributed by atoms with Crippen LogP contribution in [0.15, 0.2) is 0 Å². The fourth-order valence-electron chi connectivity index (χ4n) is 0. The van der Waals surface area contributed by atoms with E-state index in [1.165, 1.54) is 0 Å². The van der Waals surface area contributed by atoms with Gasteiger partial charge in [-0.2, -0.15) is 0 Å². The van der Waals surface area contributed by atoms with E-state index in [1.54, 1.807) is 0 Å². The Labute approximate surface area is 66.2 Å². The van der Waals surface area contributed by atoms with Crippen molar-refractivity contribution >= 4 is 26.5 Å². The van der Waals surface area contributed by atoms with Gasteiger partial charge < -0.3 is 9.59 Å². The van der Waals surface area contributed by atoms with Gasteiger partial charge in [-0.25, -0.2) is 0 Å². The van der Waals surface area contributed by atoms with E-state index in [-0.39, 0.29) is 43.2 Å². The minimum Gasteiger partial charge on any atom is -0.511 e. The topological polar surface area (TPSA) is 57.5 Å². The van der Waals surface area contributed by atoms with Crippen LogP contribution in [0.1, 0.15) is 0 Å². The SMILES string of the molecule is O=[Si](O)O.[AlH3].[Hf]. The average molecular weight is 287 g/mol. The summed E-state index contributed by atoms with van der Waals surface area (Å²) in [6.07, 6.45) is 0. The van der Waals surface area contributed by atoms with Crippen LogP contribution in [-0.4, -0.2) is 36.1 Å². The van der Waals surface area contributed by atoms with Crippen molar-refractivity contribution in [1.29, 1.82) is 0 Å². The summed E-state index contributed by atoms with van der Waals surface area (Å²) < 4.78 is 8.74. The van der Waals surface area contributed by atoms with Crippen molar-refractivity contribution in [2.75, 3.05) is 0 Å². The average Bonchev–Trinajstić information content (AvgIpc) is 0.811. The van der Waals surface area contributed by atoms with E-state index in [4.69, 9.17) is 14.1 Å². The predicted molar refractivity (Wildman–Crippen MR) is 20.8 cm³/mol. The molecule has 0 aromatic heterocycles. The molecule has 0 amide bonds. The molecule has 0 spiro atoms. The second kappa shape index (κ2) is 9.39. The largest absolute Gasteiger partial charge is 0.761 e. The van der Waals surface area contributed by atoms with Crippen molar-refractivity contribution in [2.45, 2.75) is 0 Å². The van der Waals surface area contributed by atoms with Gasteiger partial charge in [0.2, 0.25) is 0 Å². The molecule has 3 nitrogen and oxygen atoms in total. The van der Waals surface area contributed by atoms with Crippen LogP contribution in [0, 0.1) is 0 Å². The van der Waals surface area contributed by atoms with Gasteiger partial charge in [-0.1, -0.05) is 0 Å². The summed E-state index contributed by atoms with van der Waals surface area (Å²) in [6.45, 7) is 0. The maximum atomic E-state index is 8.74. The van der Waals surface area contributed by atoms with Crippen molar-refractivity contribution in [2.24, 2.45) is 0 Å². The molecule has 34 valence electrons. The van der Waals surface area contributed by atoms with E-state index in [9.17, 15) is 0 Å². The Morgan fingerprint density at radius 1 is 1.33 bits per heavy atom. The monoisotopic (exact) mass is 288 g/mol. The van der Waals surface area contributed by atoms with Crippen LogP contribution in [0.3, 0.4) is 0 Å². The van der Waals surface area contributed by atoms with Crippen molar-refractivity contribution in [3.05, 3.63) is 0 Å². The van der Waals surface area contributed by atoms with Crippen LogP contribution >= 0.6 is 0 Å². The molecular formula is H5AlHfO3Si. The summed E-state index contributed by atoms with van der Waals surface area (Å²) in [7, 11) is -3.13. The zero-order chi connectivity index (χ0) is 3.58. The van der Waals surface area contributed by atoms with Gasteiger partial charge in [0.05, 0.1) is 0 Å². The van der Waals surface area contributed by atoms with Crippen LogP contribution in [-0.2, 0) is 30.3 Å². The Kier molecular flexibility index (Phi) is 24.6. The predicted octanol–water partition coefficient (Wildman–Crippen LogP) is -2.80. The maximum absolute atomic E-state index is 8.74. The number of hydrogen-bond acceptors (Lipinski definition) is 1. The van der Waals surface area contributed by atoms with Gasteiger partial charge in [-0.05, 0) is 0 Å². The fourth-order valence-corrected chi connectivity index (χ4v) is 0. The Bertz CT molecular complexity index is 33.8. The van der Waals surface area contributed by atoms with Crippen molar-refractivity contribution in [1.82, 2.24) is 0 Å². The molecule has 0 aliphatic rings. The summed E-state index contributed by atoms with van der Waals surface area (Å²) in [5.74, 6) is 0. The van der Waals surface area contributed by atoms with E-state index in [0.29, 0.717) is 0 Å². The Balaban J connectivity index is -0.0000000450. The molecule has 0 aliphatic carbocycles. The van der Waals surface area contributed by atoms with Gasteiger partial charge in [0, 0.05) is 25.8 Å². The Morgan fingerprint density at radius 3 is 1.33 bits per heavy atom. The summed E-state index contributed by atoms with van der Waals surface area (Å²) >= 11 is 0. The van der Waals surface area contributed by atoms with E-state index in [1.807, 2.05) is 0 Å². The molecule has 0 aliphatic heterocycles. The molecule has 0 heterocycles. The molecule has 6 heteroatoms. The van der Waals surface area contributed by atoms with Gasteiger partial charge in [0.25, 0.3) is 0 Å². The van der Waals surface area contributed by atoms with E-state index < -0.39 is 9.17 Å². The first-order valence-corrected chi connectivity index (χ1v) is 1.95. The molecule has 0 aromatic rings. The Morgan fingerprint density at radius 2 is 1.33 bits per heavy atom. The van der Waals surface area contributed by atoms with Gasteiger partial charge >= 0.3 is 9.17 Å². The third-order valence-corrected chi connectivity index (χ3v) is 0. The zero-order valence-corrected chi connectivity index (χ0v) is 6.90. The molecule has 0 atom stereocenters. The summed E-state index contributed by atoms with van der Waals surface area (Å²) in [4.78, 5) is 14.3. The molecule has 0 saturated carbocycles. The first-order chi connectivity index (χ1) is 1.73. The molecular weight excluding hydrogens is 282 g/mol. The van der Waals surface area contributed by atoms with Crippen LogP contribution in [0.4, 0.5) is 0 Å². The molecule has 0 aromatic carbocycles. The van der Waals surface area contributed by atoms with Crippen LogP contribution < -0.4 is 0 Å². The Hall–Kier alpha value is 1.02. The van der Waals surface area contributed by atoms with Gasteiger partial charge in [0.1, 0.15) is 0 Å². The quantitative estimate of drug-likeness (QED) is 0.473. The van der Waals surface area contributed by atoms with Crippen molar-refractivity contribution in [3.63, 3.8) is 0 Å². The third kappa shape index (κ3) is 78.0. The molecule has 2 N–H and O–H groups in total. The van der Waals surface area contributed by atoms with E-state index >= 15 is 0 Å². The van der Waals surface area contributed by atoms with Gasteiger partial charge in [0.15, 0.2) is 17.4 Å². The third-order valence-electron chi connectivity index (χ3n) is 0. The molecule has 0 radical (unpaired) electrons. The van der Waals surface area contributed by atoms with E-state index in [0.717, 1.165) is 0 Å². The maximum Gasteiger partial charge on any atom is 0.761 e. The van der Waals surface area contributed by atoms with Gasteiger partial charge in [-0.15, -0.1) is 0 Å². The second-order valence-electron chi connectivity index (χ2n) is 0.283. The minimum atomic E-state index is -3.13. The van der Waals surface area contributed by atoms with Crippen molar-refractivity contribution < 1.29 is 39.9 Å². The first kappa shape index (κ1) is 15.7. The molecule has 0 bridgehead atoms. The van der Waals surface area contributed by atoms with Gasteiger partial charge in [-0.3, -0.25) is 4.46 Å². The van der Waals surface area contributed by atoms with Crippen molar-refractivity contribution in [3.8, 4) is 0 Å². The summed E-state index contributed by atoms with van der Waals surface area (Å²) in [6, 6.07) is 0. The number of hydrogen-bond donors (Lipinski definition) is 2. The first-order valence-electron chi connectivity index (χ1n) is 0.651. The minimum absolute atomic E-state index is 0. The fraction of sp³-hybridized carbons (Fsp3) is 0. The normalized spacial score (nSPS) is 4.00. The molecule has 6 heavy (non-hydrogen) atoms. The smallest absolute Gasteiger partial charge is 0.511 e.